The van der Waals surface area contributed by atoms with E-state index in [-0.39, 0.29) is 0 Å². The summed E-state index contributed by atoms with van der Waals surface area (Å²) in [4.78, 5) is 0. The Morgan fingerprint density at radius 3 is 1.83 bits per heavy atom. The summed E-state index contributed by atoms with van der Waals surface area (Å²) in [7, 11) is 0. The van der Waals surface area contributed by atoms with Crippen molar-refractivity contribution in [2.24, 2.45) is 5.41 Å². The van der Waals surface area contributed by atoms with Gasteiger partial charge in [-0.15, -0.1) is 0 Å². The molecule has 18 heavy (non-hydrogen) atoms. The first-order valence-corrected chi connectivity index (χ1v) is 7.41. The van der Waals surface area contributed by atoms with Crippen LogP contribution < -0.4 is 10.6 Å². The van der Waals surface area contributed by atoms with Crippen LogP contribution in [-0.4, -0.2) is 13.1 Å². The van der Waals surface area contributed by atoms with Crippen molar-refractivity contribution in [1.82, 2.24) is 0 Å². The monoisotopic (exact) mass is 284 g/mol. The first-order chi connectivity index (χ1) is 8.69. The molecule has 0 bridgehead atoms. The number of benzene rings is 1. The summed E-state index contributed by atoms with van der Waals surface area (Å²) in [5.41, 5.74) is 2.55. The average molecular weight is 285 g/mol. The average Bonchev–Trinajstić information content (AvgIpc) is 2.54. The standard InChI is InChI=1S/C14H18Cl2N2/c15-10-6-12-13(7-11(10)16)18-9-14(8-17-12)4-2-1-3-5-14/h6-7,17-18H,1-5,8-9H2. The Hall–Kier alpha value is -0.600. The molecule has 2 nitrogen and oxygen atoms in total. The molecule has 2 aliphatic rings. The molecule has 1 spiro atoms. The number of halogens is 2. The van der Waals surface area contributed by atoms with E-state index in [9.17, 15) is 0 Å². The molecule has 1 aromatic rings. The molecule has 0 atom stereocenters. The zero-order chi connectivity index (χ0) is 12.6. The first-order valence-electron chi connectivity index (χ1n) is 6.65. The predicted molar refractivity (Wildman–Crippen MR) is 79.0 cm³/mol. The SMILES string of the molecule is Clc1cc2c(cc1Cl)NCC1(CCCCC1)CN2. The van der Waals surface area contributed by atoms with Crippen molar-refractivity contribution in [2.45, 2.75) is 32.1 Å². The lowest BCUT2D eigenvalue weighted by Crippen LogP contribution is -2.36. The van der Waals surface area contributed by atoms with E-state index in [1.54, 1.807) is 0 Å². The van der Waals surface area contributed by atoms with E-state index in [0.717, 1.165) is 24.5 Å². The van der Waals surface area contributed by atoms with E-state index in [4.69, 9.17) is 23.2 Å². The zero-order valence-electron chi connectivity index (χ0n) is 10.4. The fraction of sp³-hybridized carbons (Fsp3) is 0.571. The van der Waals surface area contributed by atoms with E-state index in [1.165, 1.54) is 32.1 Å². The van der Waals surface area contributed by atoms with Crippen LogP contribution in [0.3, 0.4) is 0 Å². The Morgan fingerprint density at radius 1 is 0.833 bits per heavy atom. The van der Waals surface area contributed by atoms with Crippen molar-refractivity contribution in [3.63, 3.8) is 0 Å². The molecule has 4 heteroatoms. The fourth-order valence-electron chi connectivity index (χ4n) is 3.12. The molecular formula is C14H18Cl2N2. The second-order valence-corrected chi connectivity index (χ2v) is 6.39. The fourth-order valence-corrected chi connectivity index (χ4v) is 3.45. The summed E-state index contributed by atoms with van der Waals surface area (Å²) in [5.74, 6) is 0. The maximum Gasteiger partial charge on any atom is 0.0614 e. The van der Waals surface area contributed by atoms with E-state index in [2.05, 4.69) is 10.6 Å². The molecular weight excluding hydrogens is 267 g/mol. The number of hydrogen-bond donors (Lipinski definition) is 2. The predicted octanol–water partition coefficient (Wildman–Crippen LogP) is 4.78. The van der Waals surface area contributed by atoms with Gasteiger partial charge in [-0.2, -0.15) is 0 Å². The van der Waals surface area contributed by atoms with E-state index in [1.807, 2.05) is 12.1 Å². The van der Waals surface area contributed by atoms with E-state index in [0.29, 0.717) is 15.5 Å². The van der Waals surface area contributed by atoms with Crippen LogP contribution in [-0.2, 0) is 0 Å². The third-order valence-corrected chi connectivity index (χ3v) is 5.00. The Balaban J connectivity index is 1.85. The van der Waals surface area contributed by atoms with E-state index >= 15 is 0 Å². The molecule has 1 heterocycles. The molecule has 98 valence electrons. The first kappa shape index (κ1) is 12.4. The summed E-state index contributed by atoms with van der Waals surface area (Å²) in [5, 5.41) is 8.33. The largest absolute Gasteiger partial charge is 0.383 e. The second kappa shape index (κ2) is 4.82. The van der Waals surface area contributed by atoms with Gasteiger partial charge in [-0.1, -0.05) is 42.5 Å². The van der Waals surface area contributed by atoms with E-state index < -0.39 is 0 Å². The lowest BCUT2D eigenvalue weighted by Gasteiger charge is -2.36. The molecule has 0 saturated heterocycles. The van der Waals surface area contributed by atoms with Gasteiger partial charge in [0.1, 0.15) is 0 Å². The maximum absolute atomic E-state index is 6.08. The number of nitrogens with one attached hydrogen (secondary N) is 2. The van der Waals surface area contributed by atoms with Gasteiger partial charge in [0, 0.05) is 18.5 Å². The lowest BCUT2D eigenvalue weighted by atomic mass is 9.74. The minimum Gasteiger partial charge on any atom is -0.383 e. The summed E-state index contributed by atoms with van der Waals surface area (Å²) in [6.07, 6.45) is 6.69. The molecule has 2 N–H and O–H groups in total. The highest BCUT2D eigenvalue weighted by molar-refractivity contribution is 6.42. The summed E-state index contributed by atoms with van der Waals surface area (Å²) in [6.45, 7) is 2.07. The Bertz CT molecular complexity index is 418. The van der Waals surface area contributed by atoms with Crippen molar-refractivity contribution in [3.05, 3.63) is 22.2 Å². The number of hydrogen-bond acceptors (Lipinski definition) is 2. The van der Waals surface area contributed by atoms with Crippen LogP contribution in [0.4, 0.5) is 11.4 Å². The normalized spacial score (nSPS) is 21.7. The van der Waals surface area contributed by atoms with Crippen LogP contribution in [0.2, 0.25) is 10.0 Å². The van der Waals surface area contributed by atoms with Gasteiger partial charge < -0.3 is 10.6 Å². The second-order valence-electron chi connectivity index (χ2n) is 5.58. The van der Waals surface area contributed by atoms with Crippen LogP contribution in [0.25, 0.3) is 0 Å². The lowest BCUT2D eigenvalue weighted by molar-refractivity contribution is 0.224. The number of anilines is 2. The minimum atomic E-state index is 0.399. The smallest absolute Gasteiger partial charge is 0.0614 e. The maximum atomic E-state index is 6.08. The van der Waals surface area contributed by atoms with Gasteiger partial charge in [0.05, 0.1) is 21.4 Å². The van der Waals surface area contributed by atoms with Crippen LogP contribution in [0, 0.1) is 5.41 Å². The van der Waals surface area contributed by atoms with Crippen LogP contribution in [0.1, 0.15) is 32.1 Å². The topological polar surface area (TPSA) is 24.1 Å². The highest BCUT2D eigenvalue weighted by atomic mass is 35.5. The van der Waals surface area contributed by atoms with Crippen molar-refractivity contribution in [2.75, 3.05) is 23.7 Å². The van der Waals surface area contributed by atoms with Gasteiger partial charge in [0.25, 0.3) is 0 Å². The third-order valence-electron chi connectivity index (χ3n) is 4.28. The van der Waals surface area contributed by atoms with Crippen LogP contribution >= 0.6 is 23.2 Å². The molecule has 3 rings (SSSR count). The summed E-state index contributed by atoms with van der Waals surface area (Å²) in [6, 6.07) is 3.85. The summed E-state index contributed by atoms with van der Waals surface area (Å²) < 4.78 is 0. The molecule has 1 saturated carbocycles. The molecule has 0 aromatic heterocycles. The highest BCUT2D eigenvalue weighted by Crippen LogP contribution is 2.41. The van der Waals surface area contributed by atoms with Crippen molar-refractivity contribution >= 4 is 34.6 Å². The van der Waals surface area contributed by atoms with Gasteiger partial charge in [0.2, 0.25) is 0 Å². The zero-order valence-corrected chi connectivity index (χ0v) is 11.9. The van der Waals surface area contributed by atoms with Crippen molar-refractivity contribution in [3.8, 4) is 0 Å². The molecule has 0 unspecified atom stereocenters. The third kappa shape index (κ3) is 2.28. The highest BCUT2D eigenvalue weighted by Gasteiger charge is 2.33. The molecule has 1 aromatic carbocycles. The summed E-state index contributed by atoms with van der Waals surface area (Å²) >= 11 is 12.2. The molecule has 1 aliphatic carbocycles. The van der Waals surface area contributed by atoms with Gasteiger partial charge in [0.15, 0.2) is 0 Å². The molecule has 0 radical (unpaired) electrons. The van der Waals surface area contributed by atoms with Gasteiger partial charge in [-0.3, -0.25) is 0 Å². The number of rotatable bonds is 0. The van der Waals surface area contributed by atoms with Gasteiger partial charge in [-0.05, 0) is 25.0 Å². The van der Waals surface area contributed by atoms with Gasteiger partial charge in [-0.25, -0.2) is 0 Å². The van der Waals surface area contributed by atoms with Crippen LogP contribution in [0.15, 0.2) is 12.1 Å². The molecule has 0 amide bonds. The molecule has 1 fully saturated rings. The van der Waals surface area contributed by atoms with Crippen LogP contribution in [0.5, 0.6) is 0 Å². The van der Waals surface area contributed by atoms with Crippen molar-refractivity contribution in [1.29, 1.82) is 0 Å². The quantitative estimate of drug-likeness (QED) is 0.716. The Morgan fingerprint density at radius 2 is 1.33 bits per heavy atom. The minimum absolute atomic E-state index is 0.399. The molecule has 1 aliphatic heterocycles. The number of fused-ring (bicyclic) bond motifs is 1. The van der Waals surface area contributed by atoms with Crippen molar-refractivity contribution < 1.29 is 0 Å². The van der Waals surface area contributed by atoms with Gasteiger partial charge >= 0.3 is 0 Å². The Kier molecular flexibility index (Phi) is 3.33. The Labute approximate surface area is 118 Å².